The van der Waals surface area contributed by atoms with E-state index >= 15 is 0 Å². The predicted molar refractivity (Wildman–Crippen MR) is 88.0 cm³/mol. The first-order valence-electron chi connectivity index (χ1n) is 6.92. The molecule has 1 N–H and O–H groups in total. The lowest BCUT2D eigenvalue weighted by atomic mass is 10.3. The first kappa shape index (κ1) is 18.3. The highest BCUT2D eigenvalue weighted by atomic mass is 35.5. The molecule has 7 nitrogen and oxygen atoms in total. The molecule has 2 aromatic rings. The number of aromatic nitrogens is 2. The van der Waals surface area contributed by atoms with E-state index in [2.05, 4.69) is 9.82 Å². The van der Waals surface area contributed by atoms with Gasteiger partial charge in [-0.3, -0.25) is 4.72 Å². The van der Waals surface area contributed by atoms with Crippen LogP contribution in [-0.2, 0) is 16.6 Å². The van der Waals surface area contributed by atoms with Crippen molar-refractivity contribution in [1.82, 2.24) is 9.78 Å². The van der Waals surface area contributed by atoms with Crippen molar-refractivity contribution in [2.75, 3.05) is 18.9 Å². The highest BCUT2D eigenvalue weighted by molar-refractivity contribution is 7.92. The molecule has 1 aromatic heterocycles. The maximum Gasteiger partial charge on any atom is 0.268 e. The van der Waals surface area contributed by atoms with Gasteiger partial charge in [0.15, 0.2) is 4.90 Å². The van der Waals surface area contributed by atoms with Crippen molar-refractivity contribution in [3.8, 4) is 11.5 Å². The molecule has 0 aliphatic carbocycles. The van der Waals surface area contributed by atoms with Gasteiger partial charge in [0.1, 0.15) is 11.5 Å². The number of methoxy groups -OCH3 is 2. The largest absolute Gasteiger partial charge is 0.495 e. The fraction of sp³-hybridized carbons (Fsp3) is 0.357. The lowest BCUT2D eigenvalue weighted by Crippen LogP contribution is -2.16. The number of nitrogens with one attached hydrogen (secondary N) is 1. The van der Waals surface area contributed by atoms with Crippen molar-refractivity contribution in [3.05, 3.63) is 28.8 Å². The summed E-state index contributed by atoms with van der Waals surface area (Å²) in [5, 5.41) is 4.05. The van der Waals surface area contributed by atoms with Crippen molar-refractivity contribution in [3.63, 3.8) is 0 Å². The van der Waals surface area contributed by atoms with E-state index < -0.39 is 20.9 Å². The van der Waals surface area contributed by atoms with E-state index in [1.54, 1.807) is 6.92 Å². The van der Waals surface area contributed by atoms with Gasteiger partial charge in [0.05, 0.1) is 30.6 Å². The van der Waals surface area contributed by atoms with Crippen LogP contribution >= 0.6 is 11.6 Å². The number of nitrogens with zero attached hydrogens (tertiary/aromatic N) is 2. The second kappa shape index (κ2) is 6.86. The average molecular weight is 378 g/mol. The second-order valence-corrected chi connectivity index (χ2v) is 6.84. The van der Waals surface area contributed by atoms with Crippen LogP contribution in [0.4, 0.5) is 10.1 Å². The van der Waals surface area contributed by atoms with Gasteiger partial charge >= 0.3 is 0 Å². The number of benzene rings is 1. The molecule has 0 aliphatic rings. The van der Waals surface area contributed by atoms with Crippen LogP contribution in [0.25, 0.3) is 0 Å². The Morgan fingerprint density at radius 1 is 1.29 bits per heavy atom. The molecule has 0 bridgehead atoms. The summed E-state index contributed by atoms with van der Waals surface area (Å²) >= 11 is 6.02. The van der Waals surface area contributed by atoms with Crippen LogP contribution in [0, 0.1) is 12.9 Å². The summed E-state index contributed by atoms with van der Waals surface area (Å²) in [5.41, 5.74) is 0.117. The molecule has 1 aromatic carbocycles. The first-order chi connectivity index (χ1) is 11.2. The normalized spacial score (nSPS) is 11.4. The fourth-order valence-corrected chi connectivity index (χ4v) is 3.74. The van der Waals surface area contributed by atoms with Crippen LogP contribution in [0.2, 0.25) is 5.02 Å². The number of ether oxygens (including phenoxy) is 2. The lowest BCUT2D eigenvalue weighted by molar-refractivity contribution is 0.396. The van der Waals surface area contributed by atoms with Crippen molar-refractivity contribution in [1.29, 1.82) is 0 Å². The Hall–Kier alpha value is -2.00. The summed E-state index contributed by atoms with van der Waals surface area (Å²) in [5.74, 6) is -0.431. The molecule has 0 amide bonds. The van der Waals surface area contributed by atoms with E-state index in [-0.39, 0.29) is 28.7 Å². The highest BCUT2D eigenvalue weighted by Crippen LogP contribution is 2.37. The van der Waals surface area contributed by atoms with Crippen LogP contribution in [0.5, 0.6) is 11.5 Å². The molecule has 0 unspecified atom stereocenters. The Morgan fingerprint density at radius 3 is 2.42 bits per heavy atom. The minimum atomic E-state index is -4.22. The summed E-state index contributed by atoms with van der Waals surface area (Å²) in [7, 11) is -1.44. The molecule has 0 aliphatic heterocycles. The first-order valence-corrected chi connectivity index (χ1v) is 8.78. The molecule has 0 fully saturated rings. The Kier molecular flexibility index (Phi) is 5.24. The van der Waals surface area contributed by atoms with Gasteiger partial charge in [-0.15, -0.1) is 0 Å². The molecule has 132 valence electrons. The van der Waals surface area contributed by atoms with Gasteiger partial charge in [-0.2, -0.15) is 9.49 Å². The number of aryl methyl sites for hydroxylation is 2. The van der Waals surface area contributed by atoms with Gasteiger partial charge < -0.3 is 9.47 Å². The minimum absolute atomic E-state index is 0.0559. The summed E-state index contributed by atoms with van der Waals surface area (Å²) < 4.78 is 52.9. The summed E-state index contributed by atoms with van der Waals surface area (Å²) in [6, 6.07) is 2.76. The topological polar surface area (TPSA) is 82.5 Å². The second-order valence-electron chi connectivity index (χ2n) is 4.81. The fourth-order valence-electron chi connectivity index (χ4n) is 2.19. The number of hydrogen-bond donors (Lipinski definition) is 1. The van der Waals surface area contributed by atoms with Crippen LogP contribution in [0.15, 0.2) is 17.0 Å². The standard InChI is InChI=1S/C14H17ClFN3O4S/c1-5-19-14(16)13(8(2)17-19)24(20,21)18-10-6-9(15)11(22-3)7-12(10)23-4/h6-7,18H,5H2,1-4H3. The monoisotopic (exact) mass is 377 g/mol. The summed E-state index contributed by atoms with van der Waals surface area (Å²) in [6.07, 6.45) is 0. The molecule has 24 heavy (non-hydrogen) atoms. The zero-order valence-corrected chi connectivity index (χ0v) is 15.1. The Morgan fingerprint density at radius 2 is 1.92 bits per heavy atom. The molecule has 2 rings (SSSR count). The van der Waals surface area contributed by atoms with Gasteiger partial charge in [0, 0.05) is 12.6 Å². The highest BCUT2D eigenvalue weighted by Gasteiger charge is 2.28. The van der Waals surface area contributed by atoms with E-state index in [1.165, 1.54) is 33.3 Å². The van der Waals surface area contributed by atoms with Crippen LogP contribution in [-0.4, -0.2) is 32.4 Å². The molecule has 0 saturated carbocycles. The third-order valence-corrected chi connectivity index (χ3v) is 5.09. The molecular weight excluding hydrogens is 361 g/mol. The summed E-state index contributed by atoms with van der Waals surface area (Å²) in [6.45, 7) is 3.29. The van der Waals surface area contributed by atoms with E-state index in [0.717, 1.165) is 4.68 Å². The van der Waals surface area contributed by atoms with Gasteiger partial charge in [0.2, 0.25) is 5.95 Å². The third kappa shape index (κ3) is 3.27. The van der Waals surface area contributed by atoms with E-state index in [0.29, 0.717) is 5.75 Å². The SMILES string of the molecule is CCn1nc(C)c(S(=O)(=O)Nc2cc(Cl)c(OC)cc2OC)c1F. The average Bonchev–Trinajstić information content (AvgIpc) is 2.81. The van der Waals surface area contributed by atoms with Crippen molar-refractivity contribution in [2.24, 2.45) is 0 Å². The van der Waals surface area contributed by atoms with Crippen molar-refractivity contribution < 1.29 is 22.3 Å². The Bertz CT molecular complexity index is 867. The Labute approximate surface area is 144 Å². The number of hydrogen-bond acceptors (Lipinski definition) is 5. The van der Waals surface area contributed by atoms with Crippen LogP contribution in [0.3, 0.4) is 0 Å². The Balaban J connectivity index is 2.51. The number of halogens is 2. The number of rotatable bonds is 6. The smallest absolute Gasteiger partial charge is 0.268 e. The van der Waals surface area contributed by atoms with Crippen LogP contribution < -0.4 is 14.2 Å². The summed E-state index contributed by atoms with van der Waals surface area (Å²) in [4.78, 5) is -0.515. The maximum absolute atomic E-state index is 14.3. The molecular formula is C14H17ClFN3O4S. The van der Waals surface area contributed by atoms with Gasteiger partial charge in [0.25, 0.3) is 10.0 Å². The predicted octanol–water partition coefficient (Wildman–Crippen LogP) is 2.82. The quantitative estimate of drug-likeness (QED) is 0.837. The molecule has 10 heteroatoms. The zero-order chi connectivity index (χ0) is 18.1. The van der Waals surface area contributed by atoms with Gasteiger partial charge in [-0.25, -0.2) is 13.1 Å². The van der Waals surface area contributed by atoms with E-state index in [9.17, 15) is 12.8 Å². The van der Waals surface area contributed by atoms with Gasteiger partial charge in [-0.1, -0.05) is 11.6 Å². The zero-order valence-electron chi connectivity index (χ0n) is 13.6. The van der Waals surface area contributed by atoms with E-state index in [4.69, 9.17) is 21.1 Å². The number of anilines is 1. The van der Waals surface area contributed by atoms with Crippen molar-refractivity contribution in [2.45, 2.75) is 25.3 Å². The lowest BCUT2D eigenvalue weighted by Gasteiger charge is -2.14. The van der Waals surface area contributed by atoms with Crippen LogP contribution in [0.1, 0.15) is 12.6 Å². The maximum atomic E-state index is 14.3. The molecule has 0 atom stereocenters. The molecule has 0 saturated heterocycles. The third-order valence-electron chi connectivity index (χ3n) is 3.30. The van der Waals surface area contributed by atoms with Crippen molar-refractivity contribution >= 4 is 27.3 Å². The van der Waals surface area contributed by atoms with Gasteiger partial charge in [-0.05, 0) is 19.9 Å². The molecule has 0 spiro atoms. The molecule has 1 heterocycles. The minimum Gasteiger partial charge on any atom is -0.495 e. The number of sulfonamides is 1. The van der Waals surface area contributed by atoms with E-state index in [1.807, 2.05) is 0 Å². The molecule has 0 radical (unpaired) electrons.